The first-order valence-electron chi connectivity index (χ1n) is 10.1. The first kappa shape index (κ1) is 21.9. The van der Waals surface area contributed by atoms with Crippen LogP contribution in [-0.4, -0.2) is 20.7 Å². The van der Waals surface area contributed by atoms with E-state index in [9.17, 15) is 9.59 Å². The lowest BCUT2D eigenvalue weighted by Gasteiger charge is -2.09. The quantitative estimate of drug-likeness (QED) is 0.376. The minimum absolute atomic E-state index is 0.0781. The lowest BCUT2D eigenvalue weighted by Crippen LogP contribution is -2.23. The molecule has 4 rings (SSSR count). The van der Waals surface area contributed by atoms with Gasteiger partial charge >= 0.3 is 0 Å². The van der Waals surface area contributed by atoms with Crippen LogP contribution in [0.5, 0.6) is 0 Å². The monoisotopic (exact) mass is 464 g/mol. The minimum atomic E-state index is -0.258. The molecular weight excluding hydrogens is 444 g/mol. The van der Waals surface area contributed by atoms with Gasteiger partial charge in [0.05, 0.1) is 16.6 Å². The van der Waals surface area contributed by atoms with Gasteiger partial charge in [0.15, 0.2) is 5.13 Å². The Morgan fingerprint density at radius 1 is 1.06 bits per heavy atom. The van der Waals surface area contributed by atoms with Crippen LogP contribution in [0, 0.1) is 0 Å². The van der Waals surface area contributed by atoms with E-state index in [2.05, 4.69) is 10.4 Å². The van der Waals surface area contributed by atoms with Gasteiger partial charge in [-0.15, -0.1) is 11.6 Å². The summed E-state index contributed by atoms with van der Waals surface area (Å²) < 4.78 is 1.44. The smallest absolute Gasteiger partial charge is 0.267 e. The van der Waals surface area contributed by atoms with Crippen molar-refractivity contribution in [1.82, 2.24) is 14.8 Å². The molecule has 0 aliphatic carbocycles. The Labute approximate surface area is 194 Å². The molecule has 0 saturated carbocycles. The van der Waals surface area contributed by atoms with Crippen LogP contribution < -0.4 is 10.9 Å². The molecule has 0 bridgehead atoms. The highest BCUT2D eigenvalue weighted by Crippen LogP contribution is 2.38. The molecule has 0 atom stereocenters. The molecule has 2 heterocycles. The second kappa shape index (κ2) is 9.46. The summed E-state index contributed by atoms with van der Waals surface area (Å²) >= 11 is 7.15. The first-order valence-corrected chi connectivity index (χ1v) is 11.4. The van der Waals surface area contributed by atoms with Crippen LogP contribution in [0.4, 0.5) is 5.13 Å². The summed E-state index contributed by atoms with van der Waals surface area (Å²) in [6.45, 7) is 3.81. The van der Waals surface area contributed by atoms with Gasteiger partial charge in [-0.05, 0) is 37.6 Å². The summed E-state index contributed by atoms with van der Waals surface area (Å²) in [5, 5.41) is 7.88. The Hall–Kier alpha value is -3.29. The van der Waals surface area contributed by atoms with Gasteiger partial charge in [-0.1, -0.05) is 53.8 Å². The van der Waals surface area contributed by atoms with Crippen molar-refractivity contribution in [3.8, 4) is 21.8 Å². The summed E-state index contributed by atoms with van der Waals surface area (Å²) in [5.74, 6) is 0.134. The van der Waals surface area contributed by atoms with Crippen molar-refractivity contribution < 1.29 is 4.79 Å². The van der Waals surface area contributed by atoms with Crippen LogP contribution in [0.2, 0.25) is 0 Å². The van der Waals surface area contributed by atoms with Gasteiger partial charge in [-0.25, -0.2) is 9.67 Å². The number of halogens is 1. The SMILES string of the molecule is CC(C)n1nc(-c2sc(NC(=O)c3ccc(CCl)cc3)nc2-c2ccccc2)ccc1=O. The number of thiazole rings is 1. The van der Waals surface area contributed by atoms with Crippen LogP contribution in [0.3, 0.4) is 0 Å². The van der Waals surface area contributed by atoms with E-state index in [1.807, 2.05) is 56.3 Å². The molecule has 2 aromatic heterocycles. The van der Waals surface area contributed by atoms with Crippen LogP contribution in [0.1, 0.15) is 35.8 Å². The Bertz CT molecular complexity index is 1300. The molecule has 0 saturated heterocycles. The van der Waals surface area contributed by atoms with Gasteiger partial charge in [0.25, 0.3) is 11.5 Å². The number of hydrogen-bond donors (Lipinski definition) is 1. The fourth-order valence-electron chi connectivity index (χ4n) is 3.17. The standard InChI is InChI=1S/C24H21ClN4O2S/c1-15(2)29-20(30)13-12-19(28-29)22-21(17-6-4-3-5-7-17)26-24(32-22)27-23(31)18-10-8-16(14-25)9-11-18/h3-13,15H,14H2,1-2H3,(H,26,27,31). The van der Waals surface area contributed by atoms with Crippen LogP contribution in [0.25, 0.3) is 21.8 Å². The molecule has 1 amide bonds. The highest BCUT2D eigenvalue weighted by atomic mass is 35.5. The molecule has 0 radical (unpaired) electrons. The number of carbonyl (C=O) groups excluding carboxylic acids is 1. The highest BCUT2D eigenvalue weighted by Gasteiger charge is 2.19. The lowest BCUT2D eigenvalue weighted by molar-refractivity contribution is 0.102. The Kier molecular flexibility index (Phi) is 6.48. The third kappa shape index (κ3) is 4.64. The van der Waals surface area contributed by atoms with Gasteiger partial charge in [-0.3, -0.25) is 14.9 Å². The zero-order valence-corrected chi connectivity index (χ0v) is 19.2. The molecule has 1 N–H and O–H groups in total. The summed E-state index contributed by atoms with van der Waals surface area (Å²) in [4.78, 5) is 30.4. The van der Waals surface area contributed by atoms with Crippen molar-refractivity contribution in [3.63, 3.8) is 0 Å². The van der Waals surface area contributed by atoms with E-state index >= 15 is 0 Å². The molecule has 0 unspecified atom stereocenters. The molecule has 162 valence electrons. The second-order valence-electron chi connectivity index (χ2n) is 7.44. The van der Waals surface area contributed by atoms with Gasteiger partial charge in [0.2, 0.25) is 0 Å². The number of nitrogens with zero attached hydrogens (tertiary/aromatic N) is 3. The fourth-order valence-corrected chi connectivity index (χ4v) is 4.30. The maximum atomic E-state index is 12.8. The predicted molar refractivity (Wildman–Crippen MR) is 129 cm³/mol. The first-order chi connectivity index (χ1) is 15.5. The minimum Gasteiger partial charge on any atom is -0.298 e. The van der Waals surface area contributed by atoms with E-state index in [4.69, 9.17) is 16.6 Å². The number of rotatable bonds is 6. The van der Waals surface area contributed by atoms with Crippen LogP contribution in [0.15, 0.2) is 71.5 Å². The number of benzene rings is 2. The Morgan fingerprint density at radius 3 is 2.44 bits per heavy atom. The third-order valence-corrected chi connectivity index (χ3v) is 6.11. The zero-order valence-electron chi connectivity index (χ0n) is 17.6. The molecule has 8 heteroatoms. The van der Waals surface area contributed by atoms with Crippen molar-refractivity contribution in [2.75, 3.05) is 5.32 Å². The number of alkyl halides is 1. The second-order valence-corrected chi connectivity index (χ2v) is 8.71. The van der Waals surface area contributed by atoms with Crippen molar-refractivity contribution in [1.29, 1.82) is 0 Å². The van der Waals surface area contributed by atoms with Gasteiger partial charge in [0, 0.05) is 23.1 Å². The number of amides is 1. The van der Waals surface area contributed by atoms with Crippen molar-refractivity contribution in [3.05, 3.63) is 88.2 Å². The van der Waals surface area contributed by atoms with Gasteiger partial charge in [0.1, 0.15) is 5.69 Å². The normalized spacial score (nSPS) is 11.0. The van der Waals surface area contributed by atoms with E-state index in [1.165, 1.54) is 22.1 Å². The van der Waals surface area contributed by atoms with E-state index in [0.717, 1.165) is 16.0 Å². The summed E-state index contributed by atoms with van der Waals surface area (Å²) in [6.07, 6.45) is 0. The fraction of sp³-hybridized carbons (Fsp3) is 0.167. The lowest BCUT2D eigenvalue weighted by atomic mass is 10.1. The largest absolute Gasteiger partial charge is 0.298 e. The molecule has 2 aromatic carbocycles. The molecule has 6 nitrogen and oxygen atoms in total. The van der Waals surface area contributed by atoms with Crippen molar-refractivity contribution >= 4 is 34.0 Å². The molecule has 0 fully saturated rings. The van der Waals surface area contributed by atoms with Crippen molar-refractivity contribution in [2.45, 2.75) is 25.8 Å². The third-order valence-electron chi connectivity index (χ3n) is 4.81. The molecular formula is C24H21ClN4O2S. The Balaban J connectivity index is 1.74. The average Bonchev–Trinajstić information content (AvgIpc) is 3.23. The van der Waals surface area contributed by atoms with Crippen LogP contribution in [-0.2, 0) is 5.88 Å². The highest BCUT2D eigenvalue weighted by molar-refractivity contribution is 7.19. The average molecular weight is 465 g/mol. The van der Waals surface area contributed by atoms with E-state index in [-0.39, 0.29) is 17.5 Å². The number of aromatic nitrogens is 3. The van der Waals surface area contributed by atoms with Crippen LogP contribution >= 0.6 is 22.9 Å². The summed E-state index contributed by atoms with van der Waals surface area (Å²) in [6, 6.07) is 19.9. The molecule has 4 aromatic rings. The van der Waals surface area contributed by atoms with E-state index < -0.39 is 0 Å². The molecule has 0 aliphatic rings. The van der Waals surface area contributed by atoms with Gasteiger partial charge < -0.3 is 0 Å². The molecule has 0 aliphatic heterocycles. The molecule has 0 spiro atoms. The zero-order chi connectivity index (χ0) is 22.7. The van der Waals surface area contributed by atoms with Crippen molar-refractivity contribution in [2.24, 2.45) is 0 Å². The number of anilines is 1. The maximum absolute atomic E-state index is 12.8. The topological polar surface area (TPSA) is 76.9 Å². The summed E-state index contributed by atoms with van der Waals surface area (Å²) in [7, 11) is 0. The maximum Gasteiger partial charge on any atom is 0.267 e. The van der Waals surface area contributed by atoms with E-state index in [0.29, 0.717) is 28.0 Å². The van der Waals surface area contributed by atoms with Gasteiger partial charge in [-0.2, -0.15) is 5.10 Å². The van der Waals surface area contributed by atoms with E-state index in [1.54, 1.807) is 18.2 Å². The Morgan fingerprint density at radius 2 is 1.78 bits per heavy atom. The summed E-state index contributed by atoms with van der Waals surface area (Å²) in [5.41, 5.74) is 3.52. The number of carbonyl (C=O) groups is 1. The number of nitrogens with one attached hydrogen (secondary N) is 1. The number of hydrogen-bond acceptors (Lipinski definition) is 5. The molecule has 32 heavy (non-hydrogen) atoms. The predicted octanol–water partition coefficient (Wildman–Crippen LogP) is 5.61.